The van der Waals surface area contributed by atoms with Crippen LogP contribution in [0, 0.1) is 0 Å². The number of carboxylic acid groups (broad SMARTS) is 1. The van der Waals surface area contributed by atoms with Crippen LogP contribution in [0.5, 0.6) is 0 Å². The minimum Gasteiger partial charge on any atom is -0.481 e. The molecule has 17 heavy (non-hydrogen) atoms. The maximum Gasteiger partial charge on any atom is 0.305 e. The monoisotopic (exact) mass is 237 g/mol. The zero-order valence-electron chi connectivity index (χ0n) is 9.59. The predicted octanol–water partition coefficient (Wildman–Crippen LogP) is 0.811. The molecule has 92 valence electrons. The molecule has 1 atom stereocenters. The molecule has 0 spiro atoms. The standard InChI is InChI=1S/C11H15N3O3/c1-7(4-10(15)16)13-11(17)8-5-12-14(6-8)9-2-3-9/h5-7,9H,2-4H2,1H3,(H,13,17)(H,15,16). The molecule has 1 amide bonds. The van der Waals surface area contributed by atoms with Crippen molar-refractivity contribution in [3.63, 3.8) is 0 Å². The van der Waals surface area contributed by atoms with E-state index in [1.807, 2.05) is 0 Å². The van der Waals surface area contributed by atoms with E-state index in [1.165, 1.54) is 6.20 Å². The van der Waals surface area contributed by atoms with Crippen molar-refractivity contribution in [3.8, 4) is 0 Å². The molecule has 0 saturated heterocycles. The van der Waals surface area contributed by atoms with Gasteiger partial charge in [-0.1, -0.05) is 0 Å². The van der Waals surface area contributed by atoms with Gasteiger partial charge in [-0.2, -0.15) is 5.10 Å². The number of nitrogens with zero attached hydrogens (tertiary/aromatic N) is 2. The van der Waals surface area contributed by atoms with Crippen LogP contribution in [0.2, 0.25) is 0 Å². The molecule has 1 aromatic heterocycles. The summed E-state index contributed by atoms with van der Waals surface area (Å²) in [5, 5.41) is 15.3. The lowest BCUT2D eigenvalue weighted by Crippen LogP contribution is -2.33. The van der Waals surface area contributed by atoms with E-state index < -0.39 is 5.97 Å². The maximum atomic E-state index is 11.7. The zero-order valence-corrected chi connectivity index (χ0v) is 9.59. The van der Waals surface area contributed by atoms with Gasteiger partial charge in [0.2, 0.25) is 0 Å². The van der Waals surface area contributed by atoms with Gasteiger partial charge in [0.1, 0.15) is 0 Å². The molecule has 1 saturated carbocycles. The third-order valence-electron chi connectivity index (χ3n) is 2.64. The summed E-state index contributed by atoms with van der Waals surface area (Å²) >= 11 is 0. The Morgan fingerprint density at radius 2 is 2.35 bits per heavy atom. The summed E-state index contributed by atoms with van der Waals surface area (Å²) in [5.41, 5.74) is 0.481. The van der Waals surface area contributed by atoms with Crippen LogP contribution in [0.1, 0.15) is 42.6 Å². The highest BCUT2D eigenvalue weighted by atomic mass is 16.4. The zero-order chi connectivity index (χ0) is 12.4. The SMILES string of the molecule is CC(CC(=O)O)NC(=O)c1cnn(C2CC2)c1. The quantitative estimate of drug-likeness (QED) is 0.793. The second kappa shape index (κ2) is 4.57. The first-order chi connectivity index (χ1) is 8.06. The van der Waals surface area contributed by atoms with Crippen molar-refractivity contribution in [2.45, 2.75) is 38.3 Å². The fourth-order valence-corrected chi connectivity index (χ4v) is 1.61. The number of aliphatic carboxylic acids is 1. The number of rotatable bonds is 5. The summed E-state index contributed by atoms with van der Waals surface area (Å²) in [5.74, 6) is -1.20. The van der Waals surface area contributed by atoms with Crippen LogP contribution in [-0.4, -0.2) is 32.8 Å². The lowest BCUT2D eigenvalue weighted by molar-refractivity contribution is -0.137. The van der Waals surface area contributed by atoms with Gasteiger partial charge < -0.3 is 10.4 Å². The van der Waals surface area contributed by atoms with Crippen LogP contribution in [0.3, 0.4) is 0 Å². The van der Waals surface area contributed by atoms with Gasteiger partial charge in [0.05, 0.1) is 24.2 Å². The van der Waals surface area contributed by atoms with Crippen LogP contribution in [0.15, 0.2) is 12.4 Å². The van der Waals surface area contributed by atoms with Gasteiger partial charge in [0, 0.05) is 12.2 Å². The van der Waals surface area contributed by atoms with Crippen molar-refractivity contribution >= 4 is 11.9 Å². The summed E-state index contributed by atoms with van der Waals surface area (Å²) in [7, 11) is 0. The third kappa shape index (κ3) is 3.05. The van der Waals surface area contributed by atoms with Crippen LogP contribution >= 0.6 is 0 Å². The van der Waals surface area contributed by atoms with Gasteiger partial charge in [0.15, 0.2) is 0 Å². The Bertz CT molecular complexity index is 437. The molecule has 1 fully saturated rings. The number of aromatic nitrogens is 2. The van der Waals surface area contributed by atoms with Crippen molar-refractivity contribution in [2.75, 3.05) is 0 Å². The van der Waals surface area contributed by atoms with E-state index in [-0.39, 0.29) is 18.4 Å². The second-order valence-corrected chi connectivity index (χ2v) is 4.41. The largest absolute Gasteiger partial charge is 0.481 e. The van der Waals surface area contributed by atoms with Crippen LogP contribution < -0.4 is 5.32 Å². The highest BCUT2D eigenvalue weighted by Crippen LogP contribution is 2.33. The minimum absolute atomic E-state index is 0.0809. The highest BCUT2D eigenvalue weighted by Gasteiger charge is 2.25. The number of hydrogen-bond acceptors (Lipinski definition) is 3. The van der Waals surface area contributed by atoms with E-state index in [2.05, 4.69) is 10.4 Å². The molecule has 6 heteroatoms. The number of hydrogen-bond donors (Lipinski definition) is 2. The molecule has 0 aliphatic heterocycles. The van der Waals surface area contributed by atoms with Crippen molar-refractivity contribution in [2.24, 2.45) is 0 Å². The van der Waals surface area contributed by atoms with Crippen molar-refractivity contribution in [1.29, 1.82) is 0 Å². The second-order valence-electron chi connectivity index (χ2n) is 4.41. The molecule has 2 N–H and O–H groups in total. The van der Waals surface area contributed by atoms with E-state index in [9.17, 15) is 9.59 Å². The topological polar surface area (TPSA) is 84.2 Å². The summed E-state index contributed by atoms with van der Waals surface area (Å²) < 4.78 is 1.79. The average Bonchev–Trinajstić information content (AvgIpc) is 2.95. The molecule has 1 aliphatic rings. The van der Waals surface area contributed by atoms with Gasteiger partial charge in [-0.3, -0.25) is 14.3 Å². The molecule has 6 nitrogen and oxygen atoms in total. The van der Waals surface area contributed by atoms with Crippen LogP contribution in [-0.2, 0) is 4.79 Å². The normalized spacial score (nSPS) is 16.5. The van der Waals surface area contributed by atoms with Crippen LogP contribution in [0.4, 0.5) is 0 Å². The molecule has 1 aromatic rings. The Hall–Kier alpha value is -1.85. The highest BCUT2D eigenvalue weighted by molar-refractivity contribution is 5.94. The first kappa shape index (κ1) is 11.6. The first-order valence-electron chi connectivity index (χ1n) is 5.63. The number of nitrogens with one attached hydrogen (secondary N) is 1. The van der Waals surface area contributed by atoms with E-state index in [4.69, 9.17) is 5.11 Å². The van der Waals surface area contributed by atoms with Crippen molar-refractivity contribution in [1.82, 2.24) is 15.1 Å². The summed E-state index contributed by atoms with van der Waals surface area (Å²) in [4.78, 5) is 22.2. The van der Waals surface area contributed by atoms with Crippen molar-refractivity contribution in [3.05, 3.63) is 18.0 Å². The molecule has 2 rings (SSSR count). The molecule has 0 aromatic carbocycles. The molecule has 1 aliphatic carbocycles. The van der Waals surface area contributed by atoms with Gasteiger partial charge >= 0.3 is 5.97 Å². The lowest BCUT2D eigenvalue weighted by atomic mass is 10.2. The van der Waals surface area contributed by atoms with E-state index >= 15 is 0 Å². The lowest BCUT2D eigenvalue weighted by Gasteiger charge is -2.09. The number of carbonyl (C=O) groups excluding carboxylic acids is 1. The smallest absolute Gasteiger partial charge is 0.305 e. The third-order valence-corrected chi connectivity index (χ3v) is 2.64. The summed E-state index contributed by atoms with van der Waals surface area (Å²) in [6.45, 7) is 1.66. The van der Waals surface area contributed by atoms with Gasteiger partial charge in [0.25, 0.3) is 5.91 Å². The van der Waals surface area contributed by atoms with Gasteiger partial charge in [-0.25, -0.2) is 0 Å². The molecular weight excluding hydrogens is 222 g/mol. The Morgan fingerprint density at radius 1 is 1.65 bits per heavy atom. The summed E-state index contributed by atoms with van der Waals surface area (Å²) in [6.07, 6.45) is 5.36. The van der Waals surface area contributed by atoms with E-state index in [0.717, 1.165) is 12.8 Å². The van der Waals surface area contributed by atoms with Gasteiger partial charge in [-0.15, -0.1) is 0 Å². The van der Waals surface area contributed by atoms with E-state index in [0.29, 0.717) is 11.6 Å². The maximum absolute atomic E-state index is 11.7. The number of carbonyl (C=O) groups is 2. The molecule has 1 unspecified atom stereocenters. The Kier molecular flexibility index (Phi) is 3.12. The average molecular weight is 237 g/mol. The Balaban J connectivity index is 1.91. The van der Waals surface area contributed by atoms with Crippen molar-refractivity contribution < 1.29 is 14.7 Å². The predicted molar refractivity (Wildman–Crippen MR) is 59.7 cm³/mol. The fraction of sp³-hybridized carbons (Fsp3) is 0.545. The molecular formula is C11H15N3O3. The molecule has 0 radical (unpaired) electrons. The minimum atomic E-state index is -0.925. The van der Waals surface area contributed by atoms with Crippen LogP contribution in [0.25, 0.3) is 0 Å². The Morgan fingerprint density at radius 3 is 2.94 bits per heavy atom. The van der Waals surface area contributed by atoms with Gasteiger partial charge in [-0.05, 0) is 19.8 Å². The Labute approximate surface area is 98.6 Å². The molecule has 0 bridgehead atoms. The summed E-state index contributed by atoms with van der Waals surface area (Å²) in [6, 6.07) is 0.0530. The fourth-order valence-electron chi connectivity index (χ4n) is 1.61. The number of carboxylic acids is 1. The molecule has 1 heterocycles. The number of amides is 1. The first-order valence-corrected chi connectivity index (χ1v) is 5.63. The van der Waals surface area contributed by atoms with E-state index in [1.54, 1.807) is 17.8 Å².